The van der Waals surface area contributed by atoms with Crippen LogP contribution in [0.25, 0.3) is 0 Å². The maximum absolute atomic E-state index is 5.64. The summed E-state index contributed by atoms with van der Waals surface area (Å²) in [6, 6.07) is 10.1. The number of thiocarbonyl (C=S) groups is 1. The number of nitrogens with one attached hydrogen (secondary N) is 1. The van der Waals surface area contributed by atoms with Crippen molar-refractivity contribution >= 4 is 23.0 Å². The summed E-state index contributed by atoms with van der Waals surface area (Å²) in [5.74, 6) is 0. The fraction of sp³-hybridized carbons (Fsp3) is 0.500. The third-order valence-electron chi connectivity index (χ3n) is 3.16. The van der Waals surface area contributed by atoms with Crippen molar-refractivity contribution in [3.05, 3.63) is 30.3 Å². The van der Waals surface area contributed by atoms with E-state index in [4.69, 9.17) is 17.0 Å². The molecule has 0 saturated carbocycles. The number of hydrogen-bond donors (Lipinski definition) is 1. The number of hydrogen-bond acceptors (Lipinski definition) is 2. The quantitative estimate of drug-likeness (QED) is 0.849. The highest BCUT2D eigenvalue weighted by Crippen LogP contribution is 2.15. The third-order valence-corrected chi connectivity index (χ3v) is 3.52. The van der Waals surface area contributed by atoms with Crippen molar-refractivity contribution in [3.8, 4) is 0 Å². The first-order chi connectivity index (χ1) is 8.79. The number of ether oxygens (including phenoxy) is 1. The Labute approximate surface area is 114 Å². The molecule has 1 saturated heterocycles. The van der Waals surface area contributed by atoms with Crippen molar-refractivity contribution in [1.82, 2.24) is 4.90 Å². The van der Waals surface area contributed by atoms with Crippen LogP contribution in [0.1, 0.15) is 19.8 Å². The van der Waals surface area contributed by atoms with E-state index in [0.29, 0.717) is 6.10 Å². The van der Waals surface area contributed by atoms with Crippen molar-refractivity contribution in [1.29, 1.82) is 0 Å². The minimum absolute atomic E-state index is 0.408. The monoisotopic (exact) mass is 264 g/mol. The van der Waals surface area contributed by atoms with Gasteiger partial charge in [0, 0.05) is 25.4 Å². The van der Waals surface area contributed by atoms with Gasteiger partial charge in [0.15, 0.2) is 5.11 Å². The molecule has 3 nitrogen and oxygen atoms in total. The first kappa shape index (κ1) is 13.3. The minimum atomic E-state index is 0.408. The maximum Gasteiger partial charge on any atom is 0.173 e. The lowest BCUT2D eigenvalue weighted by molar-refractivity contribution is 0.0273. The zero-order chi connectivity index (χ0) is 12.8. The first-order valence-electron chi connectivity index (χ1n) is 6.52. The molecule has 2 rings (SSSR count). The molecule has 0 aromatic heterocycles. The summed E-state index contributed by atoms with van der Waals surface area (Å²) in [6.07, 6.45) is 2.53. The number of anilines is 1. The molecule has 1 heterocycles. The van der Waals surface area contributed by atoms with Crippen molar-refractivity contribution in [2.24, 2.45) is 0 Å². The van der Waals surface area contributed by atoms with Gasteiger partial charge in [0.1, 0.15) is 0 Å². The highest BCUT2D eigenvalue weighted by Gasteiger charge is 2.20. The van der Waals surface area contributed by atoms with E-state index in [1.54, 1.807) is 0 Å². The third kappa shape index (κ3) is 3.68. The number of likely N-dealkylation sites (tertiary alicyclic amines) is 1. The molecule has 0 bridgehead atoms. The van der Waals surface area contributed by atoms with Gasteiger partial charge in [-0.1, -0.05) is 18.2 Å². The van der Waals surface area contributed by atoms with Gasteiger partial charge in [-0.05, 0) is 44.1 Å². The van der Waals surface area contributed by atoms with E-state index in [-0.39, 0.29) is 0 Å². The number of rotatable bonds is 3. The number of benzene rings is 1. The fourth-order valence-electron chi connectivity index (χ4n) is 2.19. The Morgan fingerprint density at radius 2 is 2.00 bits per heavy atom. The predicted molar refractivity (Wildman–Crippen MR) is 78.9 cm³/mol. The van der Waals surface area contributed by atoms with Crippen LogP contribution in [-0.2, 0) is 4.74 Å². The maximum atomic E-state index is 5.64. The van der Waals surface area contributed by atoms with Crippen LogP contribution in [0.4, 0.5) is 5.69 Å². The van der Waals surface area contributed by atoms with Gasteiger partial charge >= 0.3 is 0 Å². The fourth-order valence-corrected chi connectivity index (χ4v) is 2.49. The van der Waals surface area contributed by atoms with E-state index in [2.05, 4.69) is 10.2 Å². The molecular weight excluding hydrogens is 244 g/mol. The molecule has 0 amide bonds. The zero-order valence-corrected chi connectivity index (χ0v) is 11.6. The standard InChI is InChI=1S/C14H20N2OS/c1-2-17-13-8-10-16(11-9-13)14(18)15-12-6-4-3-5-7-12/h3-7,13H,2,8-11H2,1H3,(H,15,18). The van der Waals surface area contributed by atoms with E-state index in [1.807, 2.05) is 37.3 Å². The Bertz CT molecular complexity index is 375. The average Bonchev–Trinajstić information content (AvgIpc) is 2.41. The summed E-state index contributed by atoms with van der Waals surface area (Å²) >= 11 is 5.43. The van der Waals surface area contributed by atoms with Crippen LogP contribution in [0.3, 0.4) is 0 Å². The summed E-state index contributed by atoms with van der Waals surface area (Å²) in [4.78, 5) is 2.22. The SMILES string of the molecule is CCOC1CCN(C(=S)Nc2ccccc2)CC1. The topological polar surface area (TPSA) is 24.5 Å². The van der Waals surface area contributed by atoms with Crippen LogP contribution < -0.4 is 5.32 Å². The Morgan fingerprint density at radius 3 is 2.61 bits per heavy atom. The van der Waals surface area contributed by atoms with Gasteiger partial charge in [0.25, 0.3) is 0 Å². The molecule has 0 unspecified atom stereocenters. The van der Waals surface area contributed by atoms with Gasteiger partial charge in [-0.2, -0.15) is 0 Å². The molecule has 0 aliphatic carbocycles. The summed E-state index contributed by atoms with van der Waals surface area (Å²) < 4.78 is 5.64. The summed E-state index contributed by atoms with van der Waals surface area (Å²) in [5, 5.41) is 4.09. The van der Waals surface area contributed by atoms with E-state index in [1.165, 1.54) is 0 Å². The largest absolute Gasteiger partial charge is 0.378 e. The van der Waals surface area contributed by atoms with Crippen molar-refractivity contribution in [3.63, 3.8) is 0 Å². The summed E-state index contributed by atoms with van der Waals surface area (Å²) in [5.41, 5.74) is 1.05. The molecule has 1 fully saturated rings. The first-order valence-corrected chi connectivity index (χ1v) is 6.93. The number of para-hydroxylation sites is 1. The van der Waals surface area contributed by atoms with Crippen LogP contribution in [0.2, 0.25) is 0 Å². The molecule has 1 aromatic carbocycles. The molecule has 1 aliphatic heterocycles. The van der Waals surface area contributed by atoms with E-state index in [0.717, 1.165) is 43.3 Å². The highest BCUT2D eigenvalue weighted by molar-refractivity contribution is 7.80. The van der Waals surface area contributed by atoms with E-state index < -0.39 is 0 Å². The molecule has 18 heavy (non-hydrogen) atoms. The van der Waals surface area contributed by atoms with E-state index >= 15 is 0 Å². The van der Waals surface area contributed by atoms with Crippen LogP contribution >= 0.6 is 12.2 Å². The molecule has 1 aliphatic rings. The lowest BCUT2D eigenvalue weighted by Crippen LogP contribution is -2.42. The molecular formula is C14H20N2OS. The van der Waals surface area contributed by atoms with Gasteiger partial charge in [-0.15, -0.1) is 0 Å². The van der Waals surface area contributed by atoms with Gasteiger partial charge in [0.05, 0.1) is 6.10 Å². The Kier molecular flexibility index (Phi) is 4.96. The van der Waals surface area contributed by atoms with Crippen molar-refractivity contribution in [2.75, 3.05) is 25.0 Å². The van der Waals surface area contributed by atoms with Gasteiger partial charge in [0.2, 0.25) is 0 Å². The highest BCUT2D eigenvalue weighted by atomic mass is 32.1. The smallest absolute Gasteiger partial charge is 0.173 e. The molecule has 1 N–H and O–H groups in total. The summed E-state index contributed by atoms with van der Waals surface area (Å²) in [6.45, 7) is 4.80. The molecule has 0 radical (unpaired) electrons. The van der Waals surface area contributed by atoms with Crippen LogP contribution in [0, 0.1) is 0 Å². The van der Waals surface area contributed by atoms with Crippen molar-refractivity contribution < 1.29 is 4.74 Å². The van der Waals surface area contributed by atoms with E-state index in [9.17, 15) is 0 Å². The lowest BCUT2D eigenvalue weighted by Gasteiger charge is -2.33. The summed E-state index contributed by atoms with van der Waals surface area (Å²) in [7, 11) is 0. The Hall–Kier alpha value is -1.13. The molecule has 98 valence electrons. The number of nitrogens with zero attached hydrogens (tertiary/aromatic N) is 1. The second kappa shape index (κ2) is 6.71. The molecule has 4 heteroatoms. The normalized spacial score (nSPS) is 16.6. The zero-order valence-electron chi connectivity index (χ0n) is 10.8. The number of piperidine rings is 1. The average molecular weight is 264 g/mol. The van der Waals surface area contributed by atoms with Crippen LogP contribution in [-0.4, -0.2) is 35.8 Å². The van der Waals surface area contributed by atoms with Crippen molar-refractivity contribution in [2.45, 2.75) is 25.9 Å². The minimum Gasteiger partial charge on any atom is -0.378 e. The van der Waals surface area contributed by atoms with Crippen LogP contribution in [0.15, 0.2) is 30.3 Å². The molecule has 0 atom stereocenters. The Balaban J connectivity index is 1.81. The van der Waals surface area contributed by atoms with Gasteiger partial charge in [-0.3, -0.25) is 0 Å². The lowest BCUT2D eigenvalue weighted by atomic mass is 10.1. The molecule has 0 spiro atoms. The van der Waals surface area contributed by atoms with Crippen LogP contribution in [0.5, 0.6) is 0 Å². The second-order valence-corrected chi connectivity index (χ2v) is 4.82. The molecule has 1 aromatic rings. The Morgan fingerprint density at radius 1 is 1.33 bits per heavy atom. The van der Waals surface area contributed by atoms with Gasteiger partial charge < -0.3 is 15.0 Å². The second-order valence-electron chi connectivity index (χ2n) is 4.44. The predicted octanol–water partition coefficient (Wildman–Crippen LogP) is 2.88. The van der Waals surface area contributed by atoms with Gasteiger partial charge in [-0.25, -0.2) is 0 Å².